The van der Waals surface area contributed by atoms with Crippen molar-refractivity contribution in [2.24, 2.45) is 0 Å². The van der Waals surface area contributed by atoms with Crippen molar-refractivity contribution in [3.63, 3.8) is 0 Å². The number of aromatic hydroxyl groups is 1. The molecule has 6 nitrogen and oxygen atoms in total. The molecule has 0 fully saturated rings. The van der Waals surface area contributed by atoms with Gasteiger partial charge in [0.25, 0.3) is 0 Å². The number of fused-ring (bicyclic) bond motifs is 1. The zero-order valence-electron chi connectivity index (χ0n) is 14.0. The maximum absolute atomic E-state index is 11.9. The van der Waals surface area contributed by atoms with Crippen molar-refractivity contribution in [3.8, 4) is 11.5 Å². The molecule has 0 aliphatic heterocycles. The van der Waals surface area contributed by atoms with Crippen LogP contribution in [0.5, 0.6) is 11.5 Å². The van der Waals surface area contributed by atoms with Gasteiger partial charge in [-0.1, -0.05) is 18.2 Å². The lowest BCUT2D eigenvalue weighted by atomic mass is 10.1. The minimum atomic E-state index is -0.488. The summed E-state index contributed by atoms with van der Waals surface area (Å²) in [7, 11) is 0. The topological polar surface area (TPSA) is 86.4 Å². The van der Waals surface area contributed by atoms with E-state index in [0.717, 1.165) is 11.9 Å². The molecular weight excluding hydrogens is 318 g/mol. The summed E-state index contributed by atoms with van der Waals surface area (Å²) >= 11 is 0. The molecule has 0 spiro atoms. The highest BCUT2D eigenvalue weighted by atomic mass is 16.5. The zero-order chi connectivity index (χ0) is 17.6. The fraction of sp³-hybridized carbons (Fsp3) is 0.211. The molecule has 1 aromatic heterocycles. The van der Waals surface area contributed by atoms with E-state index < -0.39 is 6.23 Å². The third kappa shape index (κ3) is 4.44. The smallest absolute Gasteiger partial charge is 0.317 e. The molecule has 0 radical (unpaired) electrons. The Morgan fingerprint density at radius 2 is 1.96 bits per heavy atom. The average molecular weight is 339 g/mol. The van der Waals surface area contributed by atoms with Crippen LogP contribution in [0.15, 0.2) is 54.7 Å². The molecule has 0 saturated heterocycles. The number of phenolic OH excluding ortho intramolecular Hbond substituents is 1. The molecule has 6 heteroatoms. The molecular formula is C19H21N3O3. The van der Waals surface area contributed by atoms with Crippen LogP contribution >= 0.6 is 0 Å². The van der Waals surface area contributed by atoms with Gasteiger partial charge in [0, 0.05) is 23.6 Å². The molecule has 2 amide bonds. The van der Waals surface area contributed by atoms with Crippen LogP contribution in [0.25, 0.3) is 10.9 Å². The number of H-pyrrole nitrogens is 1. The summed E-state index contributed by atoms with van der Waals surface area (Å²) in [6, 6.07) is 14.1. The van der Waals surface area contributed by atoms with E-state index in [9.17, 15) is 9.90 Å². The number of carbonyl (C=O) groups excluding carboxylic acids is 1. The van der Waals surface area contributed by atoms with Crippen molar-refractivity contribution in [3.05, 3.63) is 60.3 Å². The molecule has 3 rings (SSSR count). The number of nitrogens with one attached hydrogen (secondary N) is 3. The molecule has 1 unspecified atom stereocenters. The van der Waals surface area contributed by atoms with Gasteiger partial charge in [0.1, 0.15) is 11.5 Å². The fourth-order valence-electron chi connectivity index (χ4n) is 2.64. The van der Waals surface area contributed by atoms with Crippen LogP contribution in [0, 0.1) is 0 Å². The van der Waals surface area contributed by atoms with Crippen molar-refractivity contribution < 1.29 is 14.6 Å². The van der Waals surface area contributed by atoms with Gasteiger partial charge in [-0.25, -0.2) is 4.79 Å². The predicted molar refractivity (Wildman–Crippen MR) is 96.7 cm³/mol. The summed E-state index contributed by atoms with van der Waals surface area (Å²) in [6.07, 6.45) is 2.23. The molecule has 1 atom stereocenters. The number of hydrogen-bond donors (Lipinski definition) is 4. The first-order valence-electron chi connectivity index (χ1n) is 8.17. The Morgan fingerprint density at radius 1 is 1.20 bits per heavy atom. The van der Waals surface area contributed by atoms with E-state index in [-0.39, 0.29) is 11.8 Å². The van der Waals surface area contributed by atoms with Gasteiger partial charge < -0.3 is 25.5 Å². The molecule has 3 aromatic rings. The maximum atomic E-state index is 11.9. The predicted octanol–water partition coefficient (Wildman–Crippen LogP) is 3.14. The lowest BCUT2D eigenvalue weighted by molar-refractivity contribution is 0.177. The SMILES string of the molecule is CC(NC(=O)NCCc1c[nH]c2ccccc12)Oc1ccc(O)cc1. The number of aromatic nitrogens is 1. The summed E-state index contributed by atoms with van der Waals surface area (Å²) in [4.78, 5) is 15.2. The Balaban J connectivity index is 1.44. The number of para-hydroxylation sites is 1. The molecule has 0 saturated carbocycles. The third-order valence-electron chi connectivity index (χ3n) is 3.84. The number of aromatic amines is 1. The normalized spacial score (nSPS) is 11.9. The van der Waals surface area contributed by atoms with Crippen LogP contribution in [-0.4, -0.2) is 28.9 Å². The van der Waals surface area contributed by atoms with E-state index >= 15 is 0 Å². The monoisotopic (exact) mass is 339 g/mol. The quantitative estimate of drug-likeness (QED) is 0.520. The molecule has 1 heterocycles. The van der Waals surface area contributed by atoms with Gasteiger partial charge in [0.2, 0.25) is 0 Å². The van der Waals surface area contributed by atoms with Crippen molar-refractivity contribution in [2.45, 2.75) is 19.6 Å². The number of ether oxygens (including phenoxy) is 1. The summed E-state index contributed by atoms with van der Waals surface area (Å²) in [6.45, 7) is 2.27. The van der Waals surface area contributed by atoms with Crippen LogP contribution in [0.1, 0.15) is 12.5 Å². The minimum absolute atomic E-state index is 0.169. The highest BCUT2D eigenvalue weighted by Crippen LogP contribution is 2.18. The lowest BCUT2D eigenvalue weighted by Gasteiger charge is -2.16. The number of phenols is 1. The first-order chi connectivity index (χ1) is 12.1. The molecule has 0 aliphatic carbocycles. The Hall–Kier alpha value is -3.15. The Morgan fingerprint density at radius 3 is 2.76 bits per heavy atom. The second-order valence-electron chi connectivity index (χ2n) is 5.76. The summed E-state index contributed by atoms with van der Waals surface area (Å²) < 4.78 is 5.56. The molecule has 25 heavy (non-hydrogen) atoms. The van der Waals surface area contributed by atoms with Crippen molar-refractivity contribution in [1.29, 1.82) is 0 Å². The first kappa shape index (κ1) is 16.7. The van der Waals surface area contributed by atoms with E-state index in [2.05, 4.69) is 21.7 Å². The number of hydrogen-bond acceptors (Lipinski definition) is 3. The van der Waals surface area contributed by atoms with Crippen LogP contribution in [0.4, 0.5) is 4.79 Å². The van der Waals surface area contributed by atoms with Crippen LogP contribution in [0.3, 0.4) is 0 Å². The minimum Gasteiger partial charge on any atom is -0.508 e. The number of benzene rings is 2. The molecule has 0 aliphatic rings. The average Bonchev–Trinajstić information content (AvgIpc) is 3.00. The Kier molecular flexibility index (Phi) is 5.09. The third-order valence-corrected chi connectivity index (χ3v) is 3.84. The highest BCUT2D eigenvalue weighted by Gasteiger charge is 2.09. The van der Waals surface area contributed by atoms with Crippen LogP contribution < -0.4 is 15.4 Å². The summed E-state index contributed by atoms with van der Waals surface area (Å²) in [5.74, 6) is 0.743. The first-order valence-corrected chi connectivity index (χ1v) is 8.17. The van der Waals surface area contributed by atoms with Gasteiger partial charge in [0.05, 0.1) is 0 Å². The van der Waals surface area contributed by atoms with E-state index in [4.69, 9.17) is 4.74 Å². The van der Waals surface area contributed by atoms with Crippen LogP contribution in [0.2, 0.25) is 0 Å². The van der Waals surface area contributed by atoms with Gasteiger partial charge in [0.15, 0.2) is 6.23 Å². The maximum Gasteiger partial charge on any atom is 0.317 e. The van der Waals surface area contributed by atoms with E-state index in [0.29, 0.717) is 12.3 Å². The van der Waals surface area contributed by atoms with Gasteiger partial charge >= 0.3 is 6.03 Å². The number of carbonyl (C=O) groups is 1. The fourth-order valence-corrected chi connectivity index (χ4v) is 2.64. The largest absolute Gasteiger partial charge is 0.508 e. The Bertz CT molecular complexity index is 843. The number of amides is 2. The van der Waals surface area contributed by atoms with Crippen molar-refractivity contribution in [2.75, 3.05) is 6.54 Å². The lowest BCUT2D eigenvalue weighted by Crippen LogP contribution is -2.43. The molecule has 130 valence electrons. The summed E-state index contributed by atoms with van der Waals surface area (Å²) in [5, 5.41) is 16.0. The summed E-state index contributed by atoms with van der Waals surface area (Å²) in [5.41, 5.74) is 2.27. The van der Waals surface area contributed by atoms with Gasteiger partial charge in [-0.3, -0.25) is 0 Å². The van der Waals surface area contributed by atoms with E-state index in [1.54, 1.807) is 19.1 Å². The van der Waals surface area contributed by atoms with Crippen LogP contribution in [-0.2, 0) is 6.42 Å². The second kappa shape index (κ2) is 7.61. The van der Waals surface area contributed by atoms with Gasteiger partial charge in [-0.05, 0) is 49.2 Å². The Labute approximate surface area is 145 Å². The van der Waals surface area contributed by atoms with E-state index in [1.165, 1.54) is 23.1 Å². The van der Waals surface area contributed by atoms with Crippen molar-refractivity contribution in [1.82, 2.24) is 15.6 Å². The van der Waals surface area contributed by atoms with Gasteiger partial charge in [-0.2, -0.15) is 0 Å². The zero-order valence-corrected chi connectivity index (χ0v) is 14.0. The molecule has 0 bridgehead atoms. The number of urea groups is 1. The van der Waals surface area contributed by atoms with Gasteiger partial charge in [-0.15, -0.1) is 0 Å². The van der Waals surface area contributed by atoms with Crippen molar-refractivity contribution >= 4 is 16.9 Å². The highest BCUT2D eigenvalue weighted by molar-refractivity contribution is 5.83. The van der Waals surface area contributed by atoms with E-state index in [1.807, 2.05) is 24.4 Å². The second-order valence-corrected chi connectivity index (χ2v) is 5.76. The molecule has 4 N–H and O–H groups in total. The number of rotatable bonds is 6. The standard InChI is InChI=1S/C19H21N3O3/c1-13(25-16-8-6-15(23)7-9-16)22-19(24)20-11-10-14-12-21-18-5-3-2-4-17(14)18/h2-9,12-13,21,23H,10-11H2,1H3,(H2,20,22,24). The molecule has 2 aromatic carbocycles.